The molecule has 4 N–H and O–H groups in total. The van der Waals surface area contributed by atoms with Gasteiger partial charge in [-0.05, 0) is 91.5 Å². The van der Waals surface area contributed by atoms with Crippen LogP contribution in [-0.4, -0.2) is 97.5 Å². The van der Waals surface area contributed by atoms with Crippen LogP contribution in [0.25, 0.3) is 22.8 Å². The highest BCUT2D eigenvalue weighted by Gasteiger charge is 2.35. The third-order valence-electron chi connectivity index (χ3n) is 10.4. The summed E-state index contributed by atoms with van der Waals surface area (Å²) in [4.78, 5) is 51.6. The maximum Gasteiger partial charge on any atom is 0.336 e. The van der Waals surface area contributed by atoms with Crippen molar-refractivity contribution in [2.45, 2.75) is 102 Å². The molecule has 0 aliphatic carbocycles. The van der Waals surface area contributed by atoms with Gasteiger partial charge in [0.25, 0.3) is 17.7 Å². The first-order valence-corrected chi connectivity index (χ1v) is 20.2. The van der Waals surface area contributed by atoms with Crippen LogP contribution in [0.4, 0.5) is 0 Å². The van der Waals surface area contributed by atoms with Crippen LogP contribution in [0.3, 0.4) is 0 Å². The number of nitrogens with one attached hydrogen (secondary N) is 1. The first-order chi connectivity index (χ1) is 29.1. The smallest absolute Gasteiger partial charge is 0.336 e. The summed E-state index contributed by atoms with van der Waals surface area (Å²) in [7, 11) is 0. The van der Waals surface area contributed by atoms with E-state index in [1.54, 1.807) is 82.8 Å². The van der Waals surface area contributed by atoms with Crippen molar-refractivity contribution in [3.63, 3.8) is 0 Å². The number of piperidine rings is 2. The number of carboxylic acids is 1. The Hall–Kier alpha value is -6.30. The average Bonchev–Trinajstić information content (AvgIpc) is 3.98. The summed E-state index contributed by atoms with van der Waals surface area (Å²) in [6.45, 7) is 12.1. The number of benzene rings is 2. The van der Waals surface area contributed by atoms with Crippen molar-refractivity contribution < 1.29 is 34.0 Å². The molecule has 4 atom stereocenters. The van der Waals surface area contributed by atoms with Crippen LogP contribution in [0.15, 0.2) is 94.5 Å². The van der Waals surface area contributed by atoms with Gasteiger partial charge >= 0.3 is 5.97 Å². The first-order valence-electron chi connectivity index (χ1n) is 20.2. The van der Waals surface area contributed by atoms with E-state index in [1.165, 1.54) is 6.07 Å². The van der Waals surface area contributed by atoms with Gasteiger partial charge in [0.2, 0.25) is 0 Å². The Morgan fingerprint density at radius 3 is 1.62 bits per heavy atom. The molecule has 0 radical (unpaired) electrons. The van der Waals surface area contributed by atoms with Crippen molar-refractivity contribution in [1.82, 2.24) is 50.4 Å². The molecule has 2 aromatic carbocycles. The average molecular weight is 833 g/mol. The summed E-state index contributed by atoms with van der Waals surface area (Å²) in [5, 5.41) is 40.2. The molecule has 4 aromatic heterocycles. The number of hydrogen-bond donors (Lipinski definition) is 4. The van der Waals surface area contributed by atoms with Crippen molar-refractivity contribution in [3.8, 4) is 22.8 Å². The van der Waals surface area contributed by atoms with Gasteiger partial charge in [0.1, 0.15) is 11.2 Å². The molecule has 17 nitrogen and oxygen atoms in total. The Bertz CT molecular complexity index is 2350. The number of hydrogen-bond acceptors (Lipinski definition) is 15. The molecule has 2 saturated heterocycles. The summed E-state index contributed by atoms with van der Waals surface area (Å²) in [6.07, 6.45) is 10.4. The van der Waals surface area contributed by atoms with E-state index in [0.29, 0.717) is 64.4 Å². The zero-order valence-electron chi connectivity index (χ0n) is 35.1. The van der Waals surface area contributed by atoms with Crippen molar-refractivity contribution in [3.05, 3.63) is 120 Å². The Balaban J connectivity index is 0.000000169. The highest BCUT2D eigenvalue weighted by molar-refractivity contribution is 6.00. The number of carbonyl (C=O) groups is 2. The van der Waals surface area contributed by atoms with Crippen LogP contribution < -0.4 is 5.32 Å². The van der Waals surface area contributed by atoms with E-state index in [-0.39, 0.29) is 29.3 Å². The van der Waals surface area contributed by atoms with E-state index >= 15 is 0 Å². The SMILES string of the molecule is C[C@@H]1CC[C@@H](c2noc(C(C)(C)O)n2)CN1.C[C@@H]1CC[C@@H](c2noc(C(C)(C)O)n2)CN1C(=O)c1ccccc1-c1ncccn1.O=C(O)c1ccccc1-c1ncccn1. The van der Waals surface area contributed by atoms with Crippen LogP contribution >= 0.6 is 0 Å². The van der Waals surface area contributed by atoms with Crippen LogP contribution in [0.5, 0.6) is 0 Å². The highest BCUT2D eigenvalue weighted by Crippen LogP contribution is 2.32. The lowest BCUT2D eigenvalue weighted by Gasteiger charge is -2.37. The number of carboxylic acid groups (broad SMARTS) is 1. The number of aromatic nitrogens is 8. The van der Waals surface area contributed by atoms with Crippen molar-refractivity contribution >= 4 is 11.9 Å². The second-order valence-corrected chi connectivity index (χ2v) is 16.2. The van der Waals surface area contributed by atoms with E-state index in [2.05, 4.69) is 52.5 Å². The maximum atomic E-state index is 13.5. The Morgan fingerprint density at radius 1 is 0.672 bits per heavy atom. The minimum absolute atomic E-state index is 0.0508. The molecule has 2 aliphatic rings. The lowest BCUT2D eigenvalue weighted by Crippen LogP contribution is -2.45. The molecule has 1 amide bonds. The summed E-state index contributed by atoms with van der Waals surface area (Å²) < 4.78 is 10.3. The molecule has 2 fully saturated rings. The van der Waals surface area contributed by atoms with E-state index in [1.807, 2.05) is 36.1 Å². The van der Waals surface area contributed by atoms with Gasteiger partial charge in [-0.1, -0.05) is 46.7 Å². The molecule has 6 heterocycles. The molecular formula is C44H52N10O7. The topological polar surface area (TPSA) is 240 Å². The van der Waals surface area contributed by atoms with Gasteiger partial charge in [-0.15, -0.1) is 0 Å². The molecule has 8 rings (SSSR count). The fourth-order valence-electron chi connectivity index (χ4n) is 6.88. The van der Waals surface area contributed by atoms with Gasteiger partial charge in [0.05, 0.1) is 11.1 Å². The lowest BCUT2D eigenvalue weighted by molar-refractivity contribution is 0.0417. The standard InChI is InChI=1S/C22H25N5O3.C11H19N3O2.C11H8N2O2/c1-14-9-10-15(18-25-21(30-26-18)22(2,3)29)13-27(14)20(28)17-8-5-4-7-16(17)19-23-11-6-12-24-19;1-7-4-5-8(6-12-7)9-13-10(16-14-9)11(2,3)15;14-11(15)9-5-2-1-4-8(9)10-12-6-3-7-13-10/h4-8,11-12,14-15,29H,9-10,13H2,1-3H3;7-8,12,15H,4-6H2,1-3H3;1-7H,(H,14,15)/t14-,15-;7-,8-;/m11./s1. The van der Waals surface area contributed by atoms with Crippen molar-refractivity contribution in [2.24, 2.45) is 0 Å². The second kappa shape index (κ2) is 19.4. The second-order valence-electron chi connectivity index (χ2n) is 16.2. The molecule has 0 saturated carbocycles. The molecular weight excluding hydrogens is 781 g/mol. The normalized spacial score (nSPS) is 19.2. The third-order valence-corrected chi connectivity index (χ3v) is 10.4. The summed E-state index contributed by atoms with van der Waals surface area (Å²) in [5.41, 5.74) is -0.227. The van der Waals surface area contributed by atoms with Gasteiger partial charge < -0.3 is 34.6 Å². The van der Waals surface area contributed by atoms with Crippen LogP contribution in [-0.2, 0) is 11.2 Å². The number of aromatic carboxylic acids is 1. The summed E-state index contributed by atoms with van der Waals surface area (Å²) in [6, 6.07) is 18.2. The van der Waals surface area contributed by atoms with Crippen molar-refractivity contribution in [2.75, 3.05) is 13.1 Å². The fraction of sp³-hybridized carbons (Fsp3) is 0.409. The lowest BCUT2D eigenvalue weighted by atomic mass is 9.91. The zero-order chi connectivity index (χ0) is 43.7. The molecule has 17 heteroatoms. The van der Waals surface area contributed by atoms with E-state index in [4.69, 9.17) is 14.2 Å². The van der Waals surface area contributed by atoms with Gasteiger partial charge in [-0.2, -0.15) is 9.97 Å². The molecule has 2 aliphatic heterocycles. The molecule has 0 unspecified atom stereocenters. The minimum Gasteiger partial charge on any atom is -0.478 e. The van der Waals surface area contributed by atoms with E-state index < -0.39 is 17.2 Å². The molecule has 6 aromatic rings. The molecule has 61 heavy (non-hydrogen) atoms. The minimum atomic E-state index is -1.20. The summed E-state index contributed by atoms with van der Waals surface area (Å²) >= 11 is 0. The number of likely N-dealkylation sites (tertiary alicyclic amines) is 1. The summed E-state index contributed by atoms with van der Waals surface area (Å²) in [5.74, 6) is 1.86. The van der Waals surface area contributed by atoms with Gasteiger partial charge in [-0.25, -0.2) is 24.7 Å². The Morgan fingerprint density at radius 2 is 1.15 bits per heavy atom. The quantitative estimate of drug-likeness (QED) is 0.134. The highest BCUT2D eigenvalue weighted by atomic mass is 16.5. The number of aliphatic hydroxyl groups is 2. The van der Waals surface area contributed by atoms with Crippen LogP contribution in [0.1, 0.15) is 123 Å². The number of amides is 1. The van der Waals surface area contributed by atoms with Gasteiger partial charge in [0.15, 0.2) is 23.3 Å². The maximum absolute atomic E-state index is 13.5. The zero-order valence-corrected chi connectivity index (χ0v) is 35.1. The van der Waals surface area contributed by atoms with Crippen molar-refractivity contribution in [1.29, 1.82) is 0 Å². The molecule has 320 valence electrons. The third kappa shape index (κ3) is 11.3. The van der Waals surface area contributed by atoms with Crippen LogP contribution in [0.2, 0.25) is 0 Å². The number of carbonyl (C=O) groups excluding carboxylic acids is 1. The predicted octanol–water partition coefficient (Wildman–Crippen LogP) is 6.16. The first kappa shape index (κ1) is 44.3. The molecule has 0 spiro atoms. The van der Waals surface area contributed by atoms with Gasteiger partial charge in [0, 0.05) is 72.9 Å². The van der Waals surface area contributed by atoms with Crippen LogP contribution in [0, 0.1) is 0 Å². The van der Waals surface area contributed by atoms with E-state index in [0.717, 1.165) is 32.2 Å². The van der Waals surface area contributed by atoms with Gasteiger partial charge in [-0.3, -0.25) is 4.79 Å². The fourth-order valence-corrected chi connectivity index (χ4v) is 6.88. The van der Waals surface area contributed by atoms with E-state index in [9.17, 15) is 19.8 Å². The Labute approximate surface area is 353 Å². The number of nitrogens with zero attached hydrogens (tertiary/aromatic N) is 9. The number of rotatable bonds is 8. The largest absolute Gasteiger partial charge is 0.478 e. The predicted molar refractivity (Wildman–Crippen MR) is 223 cm³/mol. The Kier molecular flexibility index (Phi) is 14.1. The monoisotopic (exact) mass is 832 g/mol. The molecule has 0 bridgehead atoms.